The van der Waals surface area contributed by atoms with Gasteiger partial charge in [-0.25, -0.2) is 0 Å². The van der Waals surface area contributed by atoms with E-state index in [4.69, 9.17) is 10.2 Å². The number of hydrogen-bond acceptors (Lipinski definition) is 4. The van der Waals surface area contributed by atoms with Crippen molar-refractivity contribution in [3.05, 3.63) is 0 Å². The maximum atomic E-state index is 11.0. The Morgan fingerprint density at radius 3 is 1.80 bits per heavy atom. The number of carbonyl (C=O) groups excluding carboxylic acids is 2. The Morgan fingerprint density at radius 2 is 1.33 bits per heavy atom. The van der Waals surface area contributed by atoms with Crippen LogP contribution in [-0.4, -0.2) is 33.7 Å². The van der Waals surface area contributed by atoms with Crippen LogP contribution in [0.25, 0.3) is 0 Å². The van der Waals surface area contributed by atoms with Gasteiger partial charge in [-0.05, 0) is 6.42 Å². The minimum absolute atomic E-state index is 0.00232. The maximum Gasteiger partial charge on any atom is 0.310 e. The normalized spacial score (nSPS) is 9.60. The molecule has 0 aliphatic heterocycles. The lowest BCUT2D eigenvalue weighted by molar-refractivity contribution is -0.140. The number of rotatable bonds is 8. The summed E-state index contributed by atoms with van der Waals surface area (Å²) in [7, 11) is 0. The van der Waals surface area contributed by atoms with Crippen molar-refractivity contribution < 1.29 is 29.4 Å². The van der Waals surface area contributed by atoms with Gasteiger partial charge in [-0.15, -0.1) is 0 Å². The first kappa shape index (κ1) is 13.3. The third-order valence-corrected chi connectivity index (χ3v) is 1.59. The third-order valence-electron chi connectivity index (χ3n) is 1.59. The lowest BCUT2D eigenvalue weighted by Gasteiger charge is -1.97. The zero-order valence-corrected chi connectivity index (χ0v) is 8.06. The summed E-state index contributed by atoms with van der Waals surface area (Å²) in [5.74, 6) is -3.33. The summed E-state index contributed by atoms with van der Waals surface area (Å²) in [6, 6.07) is 0. The Hall–Kier alpha value is -1.72. The highest BCUT2D eigenvalue weighted by Gasteiger charge is 2.13. The standard InChI is InChI=1S/C9H12O6/c10-6(2-1-3-8(12)13)4-7(11)5-9(14)15/h1-5H2,(H,12,13)(H,14,15). The molecule has 84 valence electrons. The molecule has 0 amide bonds. The second kappa shape index (κ2) is 6.69. The quantitative estimate of drug-likeness (QED) is 0.562. The van der Waals surface area contributed by atoms with Crippen LogP contribution in [0.2, 0.25) is 0 Å². The summed E-state index contributed by atoms with van der Waals surface area (Å²) in [5.41, 5.74) is 0. The predicted octanol–water partition coefficient (Wildman–Crippen LogP) is 0.244. The van der Waals surface area contributed by atoms with Gasteiger partial charge in [0, 0.05) is 12.8 Å². The molecular formula is C9H12O6. The monoisotopic (exact) mass is 216 g/mol. The van der Waals surface area contributed by atoms with Gasteiger partial charge >= 0.3 is 11.9 Å². The van der Waals surface area contributed by atoms with Crippen molar-refractivity contribution in [1.29, 1.82) is 0 Å². The molecule has 0 unspecified atom stereocenters. The van der Waals surface area contributed by atoms with E-state index < -0.39 is 36.3 Å². The van der Waals surface area contributed by atoms with Gasteiger partial charge in [-0.2, -0.15) is 0 Å². The molecule has 6 heteroatoms. The molecule has 0 heterocycles. The van der Waals surface area contributed by atoms with E-state index in [0.717, 1.165) is 0 Å². The minimum Gasteiger partial charge on any atom is -0.481 e. The lowest BCUT2D eigenvalue weighted by atomic mass is 10.1. The minimum atomic E-state index is -1.27. The fourth-order valence-corrected chi connectivity index (χ4v) is 0.976. The highest BCUT2D eigenvalue weighted by Crippen LogP contribution is 2.01. The Labute approximate surface area is 85.9 Å². The smallest absolute Gasteiger partial charge is 0.310 e. The van der Waals surface area contributed by atoms with E-state index >= 15 is 0 Å². The van der Waals surface area contributed by atoms with Gasteiger partial charge in [0.25, 0.3) is 0 Å². The molecule has 0 aliphatic carbocycles. The molecule has 0 fully saturated rings. The van der Waals surface area contributed by atoms with Crippen LogP contribution in [-0.2, 0) is 19.2 Å². The summed E-state index contributed by atoms with van der Waals surface area (Å²) in [6.45, 7) is 0. The molecule has 0 saturated carbocycles. The molecule has 0 spiro atoms. The van der Waals surface area contributed by atoms with Gasteiger partial charge in [0.2, 0.25) is 0 Å². The Balaban J connectivity index is 3.69. The molecule has 0 aromatic heterocycles. The summed E-state index contributed by atoms with van der Waals surface area (Å²) in [6.07, 6.45) is -1.04. The van der Waals surface area contributed by atoms with Crippen molar-refractivity contribution in [3.63, 3.8) is 0 Å². The molecule has 0 rings (SSSR count). The molecule has 0 radical (unpaired) electrons. The molecule has 6 nitrogen and oxygen atoms in total. The van der Waals surface area contributed by atoms with E-state index in [0.29, 0.717) is 0 Å². The van der Waals surface area contributed by atoms with E-state index in [-0.39, 0.29) is 19.3 Å². The zero-order chi connectivity index (χ0) is 11.8. The number of aliphatic carboxylic acids is 2. The van der Waals surface area contributed by atoms with E-state index in [2.05, 4.69) is 0 Å². The first-order valence-electron chi connectivity index (χ1n) is 4.39. The number of carboxylic acids is 2. The first-order chi connectivity index (χ1) is 6.91. The Kier molecular flexibility index (Phi) is 5.92. The van der Waals surface area contributed by atoms with Crippen LogP contribution in [0.3, 0.4) is 0 Å². The van der Waals surface area contributed by atoms with Gasteiger partial charge in [-0.3, -0.25) is 19.2 Å². The van der Waals surface area contributed by atoms with Gasteiger partial charge in [0.05, 0.1) is 6.42 Å². The van der Waals surface area contributed by atoms with Crippen LogP contribution in [0, 0.1) is 0 Å². The lowest BCUT2D eigenvalue weighted by Crippen LogP contribution is -2.12. The molecule has 0 bridgehead atoms. The predicted molar refractivity (Wildman–Crippen MR) is 48.4 cm³/mol. The fraction of sp³-hybridized carbons (Fsp3) is 0.556. The van der Waals surface area contributed by atoms with Crippen LogP contribution >= 0.6 is 0 Å². The third kappa shape index (κ3) is 8.61. The average Bonchev–Trinajstić information content (AvgIpc) is 2.00. The van der Waals surface area contributed by atoms with Crippen molar-refractivity contribution in [1.82, 2.24) is 0 Å². The molecule has 0 aliphatic rings. The van der Waals surface area contributed by atoms with Crippen LogP contribution in [0.4, 0.5) is 0 Å². The second-order valence-corrected chi connectivity index (χ2v) is 3.07. The highest BCUT2D eigenvalue weighted by molar-refractivity contribution is 6.05. The number of carboxylic acid groups (broad SMARTS) is 2. The van der Waals surface area contributed by atoms with E-state index in [1.54, 1.807) is 0 Å². The Morgan fingerprint density at radius 1 is 0.733 bits per heavy atom. The van der Waals surface area contributed by atoms with Crippen LogP contribution in [0.1, 0.15) is 32.1 Å². The van der Waals surface area contributed by atoms with Gasteiger partial charge < -0.3 is 10.2 Å². The van der Waals surface area contributed by atoms with Crippen molar-refractivity contribution in [2.24, 2.45) is 0 Å². The van der Waals surface area contributed by atoms with Crippen molar-refractivity contribution in [2.45, 2.75) is 32.1 Å². The molecule has 2 N–H and O–H groups in total. The number of Topliss-reactive ketones (excluding diaryl/α,β-unsaturated/α-hetero) is 2. The molecular weight excluding hydrogens is 204 g/mol. The largest absolute Gasteiger partial charge is 0.481 e. The number of hydrogen-bond donors (Lipinski definition) is 2. The van der Waals surface area contributed by atoms with Crippen molar-refractivity contribution in [2.75, 3.05) is 0 Å². The summed E-state index contributed by atoms with van der Waals surface area (Å²) >= 11 is 0. The average molecular weight is 216 g/mol. The van der Waals surface area contributed by atoms with E-state index in [1.165, 1.54) is 0 Å². The summed E-state index contributed by atoms with van der Waals surface area (Å²) in [5, 5.41) is 16.5. The van der Waals surface area contributed by atoms with Crippen molar-refractivity contribution in [3.8, 4) is 0 Å². The summed E-state index contributed by atoms with van der Waals surface area (Å²) < 4.78 is 0. The number of carbonyl (C=O) groups is 4. The van der Waals surface area contributed by atoms with Gasteiger partial charge in [0.15, 0.2) is 5.78 Å². The van der Waals surface area contributed by atoms with E-state index in [1.807, 2.05) is 0 Å². The number of ketones is 2. The van der Waals surface area contributed by atoms with Crippen LogP contribution < -0.4 is 0 Å². The van der Waals surface area contributed by atoms with E-state index in [9.17, 15) is 19.2 Å². The second-order valence-electron chi connectivity index (χ2n) is 3.07. The molecule has 0 aromatic rings. The van der Waals surface area contributed by atoms with Gasteiger partial charge in [-0.1, -0.05) is 0 Å². The fourth-order valence-electron chi connectivity index (χ4n) is 0.976. The van der Waals surface area contributed by atoms with Crippen LogP contribution in [0.5, 0.6) is 0 Å². The molecule has 0 saturated heterocycles. The van der Waals surface area contributed by atoms with Gasteiger partial charge in [0.1, 0.15) is 12.2 Å². The molecule has 0 atom stereocenters. The SMILES string of the molecule is O=C(O)CCCC(=O)CC(=O)CC(=O)O. The topological polar surface area (TPSA) is 109 Å². The first-order valence-corrected chi connectivity index (χ1v) is 4.39. The highest BCUT2D eigenvalue weighted by atomic mass is 16.4. The molecule has 15 heavy (non-hydrogen) atoms. The summed E-state index contributed by atoms with van der Waals surface area (Å²) in [4.78, 5) is 42.0. The van der Waals surface area contributed by atoms with Crippen molar-refractivity contribution >= 4 is 23.5 Å². The molecule has 0 aromatic carbocycles. The van der Waals surface area contributed by atoms with Crippen LogP contribution in [0.15, 0.2) is 0 Å². The zero-order valence-electron chi connectivity index (χ0n) is 8.06. The maximum absolute atomic E-state index is 11.0. The Bertz CT molecular complexity index is 280.